The van der Waals surface area contributed by atoms with Gasteiger partial charge >= 0.3 is 5.69 Å². The van der Waals surface area contributed by atoms with Gasteiger partial charge in [0, 0.05) is 11.9 Å². The fourth-order valence-electron chi connectivity index (χ4n) is 2.87. The van der Waals surface area contributed by atoms with Gasteiger partial charge in [-0.3, -0.25) is 9.59 Å². The third kappa shape index (κ3) is 3.59. The SMILES string of the molecule is C[C@H](C(=O)NCCn1nnn(-c2cccs2)c1=O)n1ncc2ccccc2c1=O. The second-order valence-electron chi connectivity index (χ2n) is 6.30. The summed E-state index contributed by atoms with van der Waals surface area (Å²) < 4.78 is 3.52. The molecule has 3 aromatic heterocycles. The van der Waals surface area contributed by atoms with E-state index >= 15 is 0 Å². The molecule has 0 saturated heterocycles. The van der Waals surface area contributed by atoms with Crippen LogP contribution in [0.1, 0.15) is 13.0 Å². The standard InChI is InChI=1S/C18H17N7O3S/c1-12(24-17(27)14-6-3-2-5-13(14)11-20-24)16(26)19-8-9-23-18(28)25(22-21-23)15-7-4-10-29-15/h2-7,10-12H,8-9H2,1H3,(H,19,26)/t12-/m1/s1. The van der Waals surface area contributed by atoms with Gasteiger partial charge in [-0.15, -0.1) is 11.3 Å². The Morgan fingerprint density at radius 1 is 1.17 bits per heavy atom. The number of hydrogen-bond donors (Lipinski definition) is 1. The summed E-state index contributed by atoms with van der Waals surface area (Å²) in [5, 5.41) is 18.2. The monoisotopic (exact) mass is 411 g/mol. The molecule has 4 rings (SSSR count). The normalized spacial score (nSPS) is 12.2. The molecule has 10 nitrogen and oxygen atoms in total. The van der Waals surface area contributed by atoms with Crippen molar-refractivity contribution in [3.63, 3.8) is 0 Å². The van der Waals surface area contributed by atoms with Crippen LogP contribution in [0.4, 0.5) is 0 Å². The van der Waals surface area contributed by atoms with Gasteiger partial charge in [-0.05, 0) is 40.9 Å². The summed E-state index contributed by atoms with van der Waals surface area (Å²) in [4.78, 5) is 37.4. The van der Waals surface area contributed by atoms with Gasteiger partial charge in [0.1, 0.15) is 11.0 Å². The lowest BCUT2D eigenvalue weighted by Crippen LogP contribution is -2.39. The van der Waals surface area contributed by atoms with E-state index in [9.17, 15) is 14.4 Å². The fraction of sp³-hybridized carbons (Fsp3) is 0.222. The molecule has 0 saturated carbocycles. The van der Waals surface area contributed by atoms with Gasteiger partial charge in [-0.2, -0.15) is 14.5 Å². The van der Waals surface area contributed by atoms with E-state index in [-0.39, 0.29) is 30.2 Å². The molecule has 0 radical (unpaired) electrons. The first-order valence-corrected chi connectivity index (χ1v) is 9.75. The zero-order valence-electron chi connectivity index (χ0n) is 15.4. The maximum absolute atomic E-state index is 12.6. The summed E-state index contributed by atoms with van der Waals surface area (Å²) in [6, 6.07) is 9.86. The van der Waals surface area contributed by atoms with Gasteiger partial charge < -0.3 is 5.32 Å². The Kier molecular flexibility index (Phi) is 5.04. The summed E-state index contributed by atoms with van der Waals surface area (Å²) in [7, 11) is 0. The van der Waals surface area contributed by atoms with Crippen molar-refractivity contribution in [3.05, 3.63) is 68.8 Å². The summed E-state index contributed by atoms with van der Waals surface area (Å²) in [6.45, 7) is 1.91. The van der Waals surface area contributed by atoms with Gasteiger partial charge in [-0.1, -0.05) is 18.2 Å². The van der Waals surface area contributed by atoms with E-state index in [4.69, 9.17) is 0 Å². The zero-order valence-corrected chi connectivity index (χ0v) is 16.2. The Morgan fingerprint density at radius 2 is 2.00 bits per heavy atom. The lowest BCUT2D eigenvalue weighted by Gasteiger charge is -2.14. The number of aromatic nitrogens is 6. The third-order valence-corrected chi connectivity index (χ3v) is 5.29. The highest BCUT2D eigenvalue weighted by molar-refractivity contribution is 7.12. The first-order valence-electron chi connectivity index (χ1n) is 8.87. The van der Waals surface area contributed by atoms with E-state index in [1.807, 2.05) is 17.5 Å². The van der Waals surface area contributed by atoms with Crippen LogP contribution in [-0.2, 0) is 11.3 Å². The van der Waals surface area contributed by atoms with Crippen molar-refractivity contribution in [1.82, 2.24) is 34.9 Å². The second kappa shape index (κ2) is 7.80. The Hall–Kier alpha value is -3.60. The number of fused-ring (bicyclic) bond motifs is 1. The van der Waals surface area contributed by atoms with Gasteiger partial charge in [0.15, 0.2) is 0 Å². The molecule has 0 unspecified atom stereocenters. The molecule has 1 atom stereocenters. The molecule has 4 aromatic rings. The van der Waals surface area contributed by atoms with Gasteiger partial charge in [-0.25, -0.2) is 9.48 Å². The van der Waals surface area contributed by atoms with Crippen molar-refractivity contribution in [2.45, 2.75) is 19.5 Å². The van der Waals surface area contributed by atoms with Crippen molar-refractivity contribution in [2.24, 2.45) is 0 Å². The van der Waals surface area contributed by atoms with Gasteiger partial charge in [0.2, 0.25) is 5.91 Å². The van der Waals surface area contributed by atoms with Crippen LogP contribution in [0.15, 0.2) is 57.6 Å². The second-order valence-corrected chi connectivity index (χ2v) is 7.22. The molecule has 148 valence electrons. The molecule has 11 heteroatoms. The number of nitrogens with zero attached hydrogens (tertiary/aromatic N) is 6. The molecular formula is C18H17N7O3S. The van der Waals surface area contributed by atoms with Crippen LogP contribution in [0.3, 0.4) is 0 Å². The molecule has 1 amide bonds. The topological polar surface area (TPSA) is 117 Å². The molecule has 0 aliphatic carbocycles. The maximum atomic E-state index is 12.6. The Morgan fingerprint density at radius 3 is 2.79 bits per heavy atom. The number of hydrogen-bond acceptors (Lipinski definition) is 7. The number of rotatable bonds is 6. The van der Waals surface area contributed by atoms with E-state index in [1.54, 1.807) is 37.4 Å². The average Bonchev–Trinajstić information content (AvgIpc) is 3.38. The minimum absolute atomic E-state index is 0.155. The maximum Gasteiger partial charge on any atom is 0.369 e. The predicted octanol–water partition coefficient (Wildman–Crippen LogP) is 0.578. The van der Waals surface area contributed by atoms with Crippen LogP contribution in [0.2, 0.25) is 0 Å². The number of nitrogens with one attached hydrogen (secondary N) is 1. The number of benzene rings is 1. The number of carbonyl (C=O) groups excluding carboxylic acids is 1. The van der Waals surface area contributed by atoms with E-state index < -0.39 is 6.04 Å². The molecule has 0 fully saturated rings. The van der Waals surface area contributed by atoms with E-state index in [0.717, 1.165) is 10.1 Å². The van der Waals surface area contributed by atoms with Crippen LogP contribution in [0.25, 0.3) is 15.8 Å². The summed E-state index contributed by atoms with van der Waals surface area (Å²) in [5.41, 5.74) is -0.719. The van der Waals surface area contributed by atoms with Crippen LogP contribution in [0.5, 0.6) is 0 Å². The number of amides is 1. The lowest BCUT2D eigenvalue weighted by molar-refractivity contribution is -0.124. The van der Waals surface area contributed by atoms with Crippen molar-refractivity contribution >= 4 is 28.0 Å². The smallest absolute Gasteiger partial charge is 0.352 e. The average molecular weight is 411 g/mol. The Bertz CT molecular complexity index is 1270. The predicted molar refractivity (Wildman–Crippen MR) is 107 cm³/mol. The molecule has 29 heavy (non-hydrogen) atoms. The molecule has 0 aliphatic rings. The highest BCUT2D eigenvalue weighted by Gasteiger charge is 2.18. The summed E-state index contributed by atoms with van der Waals surface area (Å²) >= 11 is 1.37. The lowest BCUT2D eigenvalue weighted by atomic mass is 10.2. The number of carbonyl (C=O) groups is 1. The molecule has 0 aliphatic heterocycles. The Labute approximate surface area is 168 Å². The Balaban J connectivity index is 1.42. The minimum Gasteiger partial charge on any atom is -0.352 e. The summed E-state index contributed by atoms with van der Waals surface area (Å²) in [5.74, 6) is -0.381. The van der Waals surface area contributed by atoms with Crippen LogP contribution < -0.4 is 16.6 Å². The fourth-order valence-corrected chi connectivity index (χ4v) is 3.54. The highest BCUT2D eigenvalue weighted by atomic mass is 32.1. The molecular weight excluding hydrogens is 394 g/mol. The first-order chi connectivity index (χ1) is 14.1. The van der Waals surface area contributed by atoms with E-state index in [2.05, 4.69) is 20.8 Å². The largest absolute Gasteiger partial charge is 0.369 e. The number of thiophene rings is 1. The molecule has 3 heterocycles. The van der Waals surface area contributed by atoms with Crippen LogP contribution >= 0.6 is 11.3 Å². The molecule has 1 N–H and O–H groups in total. The third-order valence-electron chi connectivity index (χ3n) is 4.44. The zero-order chi connectivity index (χ0) is 20.4. The molecule has 1 aromatic carbocycles. The number of tetrazole rings is 1. The van der Waals surface area contributed by atoms with Crippen LogP contribution in [0, 0.1) is 0 Å². The van der Waals surface area contributed by atoms with E-state index in [0.29, 0.717) is 10.4 Å². The van der Waals surface area contributed by atoms with Gasteiger partial charge in [0.25, 0.3) is 5.56 Å². The highest BCUT2D eigenvalue weighted by Crippen LogP contribution is 2.11. The summed E-state index contributed by atoms with van der Waals surface area (Å²) in [6.07, 6.45) is 1.56. The van der Waals surface area contributed by atoms with Crippen molar-refractivity contribution in [1.29, 1.82) is 0 Å². The minimum atomic E-state index is -0.800. The van der Waals surface area contributed by atoms with Crippen molar-refractivity contribution in [3.8, 4) is 5.00 Å². The van der Waals surface area contributed by atoms with Crippen molar-refractivity contribution < 1.29 is 4.79 Å². The van der Waals surface area contributed by atoms with Gasteiger partial charge in [0.05, 0.1) is 18.1 Å². The molecule has 0 spiro atoms. The van der Waals surface area contributed by atoms with E-state index in [1.165, 1.54) is 20.7 Å². The molecule has 0 bridgehead atoms. The van der Waals surface area contributed by atoms with Crippen molar-refractivity contribution in [2.75, 3.05) is 6.54 Å². The quantitative estimate of drug-likeness (QED) is 0.496. The van der Waals surface area contributed by atoms with Crippen LogP contribution in [-0.4, -0.2) is 42.0 Å². The first kappa shape index (κ1) is 18.7.